The fourth-order valence-electron chi connectivity index (χ4n) is 2.61. The molecule has 2 rings (SSSR count). The summed E-state index contributed by atoms with van der Waals surface area (Å²) in [7, 11) is 4.05. The molecule has 0 bridgehead atoms. The van der Waals surface area contributed by atoms with Crippen molar-refractivity contribution < 1.29 is 4.79 Å². The average molecular weight is 260 g/mol. The Kier molecular flexibility index (Phi) is 4.25. The third-order valence-corrected chi connectivity index (χ3v) is 4.32. The molecule has 1 amide bonds. The second kappa shape index (κ2) is 5.74. The zero-order valence-electron chi connectivity index (χ0n) is 12.4. The average Bonchev–Trinajstić information content (AvgIpc) is 2.59. The van der Waals surface area contributed by atoms with Crippen molar-refractivity contribution in [3.63, 3.8) is 0 Å². The summed E-state index contributed by atoms with van der Waals surface area (Å²) in [5, 5.41) is 0. The summed E-state index contributed by atoms with van der Waals surface area (Å²) < 4.78 is 0. The van der Waals surface area contributed by atoms with E-state index < -0.39 is 0 Å². The van der Waals surface area contributed by atoms with Crippen molar-refractivity contribution >= 4 is 5.91 Å². The molecule has 1 aliphatic rings. The minimum Gasteiger partial charge on any atom is -0.339 e. The van der Waals surface area contributed by atoms with Gasteiger partial charge in [0.1, 0.15) is 0 Å². The summed E-state index contributed by atoms with van der Waals surface area (Å²) in [6.07, 6.45) is 2.24. The lowest BCUT2D eigenvalue weighted by molar-refractivity contribution is -0.129. The van der Waals surface area contributed by atoms with E-state index in [-0.39, 0.29) is 11.9 Å². The van der Waals surface area contributed by atoms with Crippen LogP contribution >= 0.6 is 0 Å². The fraction of sp³-hybridized carbons (Fsp3) is 0.562. The molecule has 0 radical (unpaired) electrons. The molecule has 1 aliphatic heterocycles. The molecule has 19 heavy (non-hydrogen) atoms. The maximum Gasteiger partial charge on any atom is 0.219 e. The van der Waals surface area contributed by atoms with Crippen molar-refractivity contribution in [3.8, 4) is 0 Å². The predicted molar refractivity (Wildman–Crippen MR) is 78.2 cm³/mol. The second-order valence-electron chi connectivity index (χ2n) is 5.64. The van der Waals surface area contributed by atoms with E-state index in [9.17, 15) is 4.79 Å². The molecule has 0 aromatic heterocycles. The number of fused-ring (bicyclic) bond motifs is 1. The minimum absolute atomic E-state index is 0.113. The summed E-state index contributed by atoms with van der Waals surface area (Å²) in [4.78, 5) is 15.6. The van der Waals surface area contributed by atoms with Crippen molar-refractivity contribution in [2.24, 2.45) is 0 Å². The molecule has 0 saturated heterocycles. The Morgan fingerprint density at radius 2 is 1.89 bits per heavy atom. The van der Waals surface area contributed by atoms with Crippen LogP contribution in [0, 0.1) is 0 Å². The van der Waals surface area contributed by atoms with Crippen molar-refractivity contribution in [2.45, 2.75) is 32.7 Å². The van der Waals surface area contributed by atoms with Gasteiger partial charge in [-0.2, -0.15) is 0 Å². The predicted octanol–water partition coefficient (Wildman–Crippen LogP) is 2.26. The van der Waals surface area contributed by atoms with Crippen molar-refractivity contribution in [3.05, 3.63) is 34.9 Å². The van der Waals surface area contributed by atoms with Gasteiger partial charge in [-0.15, -0.1) is 0 Å². The summed E-state index contributed by atoms with van der Waals surface area (Å²) in [5.41, 5.74) is 4.15. The highest BCUT2D eigenvalue weighted by Crippen LogP contribution is 2.24. The molecule has 104 valence electrons. The van der Waals surface area contributed by atoms with E-state index in [1.54, 1.807) is 11.8 Å². The third-order valence-electron chi connectivity index (χ3n) is 4.32. The van der Waals surface area contributed by atoms with Gasteiger partial charge in [0.2, 0.25) is 5.91 Å². The van der Waals surface area contributed by atoms with Gasteiger partial charge in [-0.1, -0.05) is 18.2 Å². The Labute approximate surface area is 116 Å². The van der Waals surface area contributed by atoms with E-state index in [0.29, 0.717) is 0 Å². The summed E-state index contributed by atoms with van der Waals surface area (Å²) in [6, 6.07) is 6.85. The largest absolute Gasteiger partial charge is 0.339 e. The van der Waals surface area contributed by atoms with Crippen LogP contribution in [0.4, 0.5) is 0 Å². The Morgan fingerprint density at radius 3 is 2.53 bits per heavy atom. The van der Waals surface area contributed by atoms with Crippen LogP contribution in [0.1, 0.15) is 36.6 Å². The van der Waals surface area contributed by atoms with Crippen LogP contribution in [0.2, 0.25) is 0 Å². The van der Waals surface area contributed by atoms with E-state index in [0.717, 1.165) is 25.9 Å². The Bertz CT molecular complexity index is 470. The molecule has 0 fully saturated rings. The first-order chi connectivity index (χ1) is 8.99. The van der Waals surface area contributed by atoms with Gasteiger partial charge in [0.15, 0.2) is 0 Å². The quantitative estimate of drug-likeness (QED) is 0.814. The van der Waals surface area contributed by atoms with Crippen LogP contribution in [-0.4, -0.2) is 42.9 Å². The molecule has 0 aliphatic carbocycles. The lowest BCUT2D eigenvalue weighted by Crippen LogP contribution is -2.27. The highest BCUT2D eigenvalue weighted by atomic mass is 16.2. The van der Waals surface area contributed by atoms with Gasteiger partial charge in [-0.3, -0.25) is 4.79 Å². The van der Waals surface area contributed by atoms with E-state index in [1.165, 1.54) is 16.7 Å². The molecule has 0 saturated carbocycles. The third kappa shape index (κ3) is 3.16. The number of amides is 1. The first-order valence-corrected chi connectivity index (χ1v) is 7.02. The molecule has 1 aromatic carbocycles. The minimum atomic E-state index is 0.113. The van der Waals surface area contributed by atoms with Crippen LogP contribution in [0.15, 0.2) is 18.2 Å². The number of hydrogen-bond donors (Lipinski definition) is 0. The van der Waals surface area contributed by atoms with Crippen LogP contribution in [0.25, 0.3) is 0 Å². The van der Waals surface area contributed by atoms with E-state index in [1.807, 2.05) is 7.05 Å². The van der Waals surface area contributed by atoms with Gasteiger partial charge >= 0.3 is 0 Å². The zero-order chi connectivity index (χ0) is 14.0. The number of hydrogen-bond acceptors (Lipinski definition) is 2. The first kappa shape index (κ1) is 14.1. The molecule has 3 nitrogen and oxygen atoms in total. The number of benzene rings is 1. The molecule has 1 aromatic rings. The van der Waals surface area contributed by atoms with E-state index >= 15 is 0 Å². The maximum atomic E-state index is 11.5. The maximum absolute atomic E-state index is 11.5. The molecule has 1 unspecified atom stereocenters. The standard InChI is InChI=1S/C16H24N2O/c1-12(18(4)13(2)19)15-6-5-14-7-9-17(3)10-8-16(14)11-15/h5-6,11-12H,7-10H2,1-4H3. The Balaban J connectivity index is 2.23. The Hall–Kier alpha value is -1.35. The highest BCUT2D eigenvalue weighted by Gasteiger charge is 2.17. The van der Waals surface area contributed by atoms with Crippen LogP contribution in [0.5, 0.6) is 0 Å². The number of carbonyl (C=O) groups is 1. The van der Waals surface area contributed by atoms with Gasteiger partial charge in [-0.25, -0.2) is 0 Å². The smallest absolute Gasteiger partial charge is 0.219 e. The summed E-state index contributed by atoms with van der Waals surface area (Å²) >= 11 is 0. The number of carbonyl (C=O) groups excluding carboxylic acids is 1. The number of rotatable bonds is 2. The lowest BCUT2D eigenvalue weighted by Gasteiger charge is -2.24. The zero-order valence-corrected chi connectivity index (χ0v) is 12.4. The SMILES string of the molecule is CC(=O)N(C)C(C)c1ccc2c(c1)CCN(C)CC2. The lowest BCUT2D eigenvalue weighted by atomic mass is 9.97. The van der Waals surface area contributed by atoms with Gasteiger partial charge in [0.25, 0.3) is 0 Å². The van der Waals surface area contributed by atoms with Crippen molar-refractivity contribution in [1.29, 1.82) is 0 Å². The van der Waals surface area contributed by atoms with E-state index in [4.69, 9.17) is 0 Å². The topological polar surface area (TPSA) is 23.6 Å². The Morgan fingerprint density at radius 1 is 1.26 bits per heavy atom. The van der Waals surface area contributed by atoms with E-state index in [2.05, 4.69) is 37.1 Å². The van der Waals surface area contributed by atoms with Gasteiger partial charge in [0, 0.05) is 27.1 Å². The highest BCUT2D eigenvalue weighted by molar-refractivity contribution is 5.73. The van der Waals surface area contributed by atoms with Gasteiger partial charge < -0.3 is 9.80 Å². The molecular weight excluding hydrogens is 236 g/mol. The monoisotopic (exact) mass is 260 g/mol. The van der Waals surface area contributed by atoms with Gasteiger partial charge in [0.05, 0.1) is 6.04 Å². The van der Waals surface area contributed by atoms with Crippen LogP contribution < -0.4 is 0 Å². The number of likely N-dealkylation sites (N-methyl/N-ethyl adjacent to an activating group) is 1. The normalized spacial score (nSPS) is 17.5. The molecule has 1 atom stereocenters. The molecule has 0 spiro atoms. The van der Waals surface area contributed by atoms with Crippen molar-refractivity contribution in [1.82, 2.24) is 9.80 Å². The van der Waals surface area contributed by atoms with Crippen molar-refractivity contribution in [2.75, 3.05) is 27.2 Å². The summed E-state index contributed by atoms with van der Waals surface area (Å²) in [6.45, 7) is 5.96. The fourth-order valence-corrected chi connectivity index (χ4v) is 2.61. The molecular formula is C16H24N2O. The van der Waals surface area contributed by atoms with Crippen LogP contribution in [-0.2, 0) is 17.6 Å². The summed E-state index contributed by atoms with van der Waals surface area (Å²) in [5.74, 6) is 0.113. The van der Waals surface area contributed by atoms with Crippen LogP contribution in [0.3, 0.4) is 0 Å². The van der Waals surface area contributed by atoms with Gasteiger partial charge in [-0.05, 0) is 43.5 Å². The molecule has 1 heterocycles. The molecule has 3 heteroatoms. The first-order valence-electron chi connectivity index (χ1n) is 7.02. The molecule has 0 N–H and O–H groups in total. The number of nitrogens with zero attached hydrogens (tertiary/aromatic N) is 2. The second-order valence-corrected chi connectivity index (χ2v) is 5.64.